The van der Waals surface area contributed by atoms with E-state index in [1.807, 2.05) is 12.1 Å². The summed E-state index contributed by atoms with van der Waals surface area (Å²) in [5.74, 6) is -0.154. The molecule has 0 atom stereocenters. The summed E-state index contributed by atoms with van der Waals surface area (Å²) in [5.41, 5.74) is 3.99. The van der Waals surface area contributed by atoms with Crippen LogP contribution >= 0.6 is 15.9 Å². The number of hydrogen-bond acceptors (Lipinski definition) is 2. The van der Waals surface area contributed by atoms with Crippen molar-refractivity contribution in [3.05, 3.63) is 34.1 Å². The maximum absolute atomic E-state index is 13.5. The number of hydrogen-bond donors (Lipinski definition) is 1. The van der Waals surface area contributed by atoms with E-state index in [0.717, 1.165) is 17.6 Å². The van der Waals surface area contributed by atoms with E-state index in [2.05, 4.69) is 26.4 Å². The lowest BCUT2D eigenvalue weighted by molar-refractivity contribution is 0.150. The molecule has 1 N–H and O–H groups in total. The lowest BCUT2D eigenvalue weighted by Gasteiger charge is -2.27. The van der Waals surface area contributed by atoms with Gasteiger partial charge in [0, 0.05) is 29.7 Å². The summed E-state index contributed by atoms with van der Waals surface area (Å²) in [6.07, 6.45) is 3.77. The van der Waals surface area contributed by atoms with Gasteiger partial charge in [0.1, 0.15) is 5.82 Å². The van der Waals surface area contributed by atoms with Crippen LogP contribution in [0, 0.1) is 5.82 Å². The Bertz CT molecular complexity index is 351. The van der Waals surface area contributed by atoms with Gasteiger partial charge in [0.15, 0.2) is 0 Å². The van der Waals surface area contributed by atoms with E-state index in [0.29, 0.717) is 12.1 Å². The molecule has 0 saturated carbocycles. The van der Waals surface area contributed by atoms with Gasteiger partial charge in [-0.1, -0.05) is 28.4 Å². The van der Waals surface area contributed by atoms with E-state index in [4.69, 9.17) is 0 Å². The smallest absolute Gasteiger partial charge is 0.128 e. The third-order valence-corrected chi connectivity index (χ3v) is 3.36. The van der Waals surface area contributed by atoms with Crippen LogP contribution in [-0.2, 0) is 6.54 Å². The predicted molar refractivity (Wildman–Crippen MR) is 66.4 cm³/mol. The van der Waals surface area contributed by atoms with E-state index in [1.165, 1.54) is 25.3 Å². The molecule has 0 aromatic heterocycles. The summed E-state index contributed by atoms with van der Waals surface area (Å²) in [4.78, 5) is 0. The Kier molecular flexibility index (Phi) is 4.32. The molecule has 1 saturated heterocycles. The molecule has 0 amide bonds. The van der Waals surface area contributed by atoms with Crippen molar-refractivity contribution in [2.24, 2.45) is 0 Å². The molecule has 0 unspecified atom stereocenters. The molecule has 1 aromatic carbocycles. The van der Waals surface area contributed by atoms with Crippen molar-refractivity contribution in [3.63, 3.8) is 0 Å². The fourth-order valence-corrected chi connectivity index (χ4v) is 2.25. The molecule has 1 aromatic rings. The van der Waals surface area contributed by atoms with Gasteiger partial charge in [-0.05, 0) is 25.0 Å². The molecule has 0 radical (unpaired) electrons. The van der Waals surface area contributed by atoms with Crippen molar-refractivity contribution in [1.82, 2.24) is 10.4 Å². The summed E-state index contributed by atoms with van der Waals surface area (Å²) in [7, 11) is 0. The third kappa shape index (κ3) is 3.27. The quantitative estimate of drug-likeness (QED) is 0.919. The monoisotopic (exact) mass is 286 g/mol. The highest BCUT2D eigenvalue weighted by atomic mass is 79.9. The second kappa shape index (κ2) is 5.75. The molecule has 2 nitrogen and oxygen atoms in total. The molecule has 88 valence electrons. The van der Waals surface area contributed by atoms with Crippen LogP contribution < -0.4 is 5.43 Å². The van der Waals surface area contributed by atoms with Crippen LogP contribution in [0.3, 0.4) is 0 Å². The standard InChI is InChI=1S/C12H16BrFN2/c13-11-5-4-10(12(14)8-11)9-15-16-6-2-1-3-7-16/h4-5,8,15H,1-3,6-7,9H2. The Balaban J connectivity index is 1.88. The fourth-order valence-electron chi connectivity index (χ4n) is 1.91. The second-order valence-corrected chi connectivity index (χ2v) is 5.03. The lowest BCUT2D eigenvalue weighted by atomic mass is 10.2. The average Bonchev–Trinajstić information content (AvgIpc) is 2.29. The zero-order chi connectivity index (χ0) is 11.4. The normalized spacial score (nSPS) is 17.6. The highest BCUT2D eigenvalue weighted by molar-refractivity contribution is 9.10. The number of halogens is 2. The van der Waals surface area contributed by atoms with Crippen LogP contribution in [-0.4, -0.2) is 18.1 Å². The number of piperidine rings is 1. The van der Waals surface area contributed by atoms with Crippen LogP contribution in [0.5, 0.6) is 0 Å². The fraction of sp³-hybridized carbons (Fsp3) is 0.500. The number of benzene rings is 1. The summed E-state index contributed by atoms with van der Waals surface area (Å²) in [6.45, 7) is 2.70. The van der Waals surface area contributed by atoms with Crippen LogP contribution in [0.2, 0.25) is 0 Å². The molecule has 16 heavy (non-hydrogen) atoms. The minimum atomic E-state index is -0.154. The SMILES string of the molecule is Fc1cc(Br)ccc1CNN1CCCCC1. The molecule has 0 bridgehead atoms. The molecule has 0 aliphatic carbocycles. The Morgan fingerprint density at radius 1 is 1.25 bits per heavy atom. The molecular formula is C12H16BrFN2. The van der Waals surface area contributed by atoms with E-state index in [-0.39, 0.29) is 5.82 Å². The molecule has 1 heterocycles. The van der Waals surface area contributed by atoms with Crippen molar-refractivity contribution >= 4 is 15.9 Å². The van der Waals surface area contributed by atoms with Gasteiger partial charge in [0.25, 0.3) is 0 Å². The van der Waals surface area contributed by atoms with Crippen molar-refractivity contribution in [2.45, 2.75) is 25.8 Å². The predicted octanol–water partition coefficient (Wildman–Crippen LogP) is 3.08. The third-order valence-electron chi connectivity index (χ3n) is 2.86. The Hall–Kier alpha value is -0.450. The van der Waals surface area contributed by atoms with E-state index in [9.17, 15) is 4.39 Å². The minimum absolute atomic E-state index is 0.154. The van der Waals surface area contributed by atoms with Crippen LogP contribution in [0.1, 0.15) is 24.8 Å². The number of nitrogens with zero attached hydrogens (tertiary/aromatic N) is 1. The van der Waals surface area contributed by atoms with Crippen LogP contribution in [0.15, 0.2) is 22.7 Å². The zero-order valence-corrected chi connectivity index (χ0v) is 10.8. The van der Waals surface area contributed by atoms with Gasteiger partial charge >= 0.3 is 0 Å². The molecular weight excluding hydrogens is 271 g/mol. The van der Waals surface area contributed by atoms with Crippen LogP contribution in [0.25, 0.3) is 0 Å². The summed E-state index contributed by atoms with van der Waals surface area (Å²) < 4.78 is 14.3. The molecule has 0 spiro atoms. The first-order valence-corrected chi connectivity index (χ1v) is 6.47. The van der Waals surface area contributed by atoms with Crippen molar-refractivity contribution in [3.8, 4) is 0 Å². The first-order chi connectivity index (χ1) is 7.75. The Labute approximate surface area is 104 Å². The topological polar surface area (TPSA) is 15.3 Å². The lowest BCUT2D eigenvalue weighted by Crippen LogP contribution is -2.41. The van der Waals surface area contributed by atoms with Crippen LogP contribution in [0.4, 0.5) is 4.39 Å². The van der Waals surface area contributed by atoms with Crippen molar-refractivity contribution in [1.29, 1.82) is 0 Å². The zero-order valence-electron chi connectivity index (χ0n) is 9.18. The highest BCUT2D eigenvalue weighted by Gasteiger charge is 2.10. The van der Waals surface area contributed by atoms with Gasteiger partial charge in [-0.2, -0.15) is 0 Å². The number of rotatable bonds is 3. The number of nitrogens with one attached hydrogen (secondary N) is 1. The van der Waals surface area contributed by atoms with E-state index < -0.39 is 0 Å². The largest absolute Gasteiger partial charge is 0.251 e. The molecule has 4 heteroatoms. The second-order valence-electron chi connectivity index (χ2n) is 4.12. The summed E-state index contributed by atoms with van der Waals surface area (Å²) in [5, 5.41) is 2.19. The van der Waals surface area contributed by atoms with Gasteiger partial charge in [-0.3, -0.25) is 5.43 Å². The van der Waals surface area contributed by atoms with E-state index in [1.54, 1.807) is 0 Å². The summed E-state index contributed by atoms with van der Waals surface area (Å²) in [6, 6.07) is 5.19. The van der Waals surface area contributed by atoms with Gasteiger partial charge in [0.2, 0.25) is 0 Å². The van der Waals surface area contributed by atoms with Gasteiger partial charge in [-0.25, -0.2) is 9.40 Å². The number of hydrazine groups is 1. The summed E-state index contributed by atoms with van der Waals surface area (Å²) >= 11 is 3.25. The Morgan fingerprint density at radius 3 is 2.69 bits per heavy atom. The first-order valence-electron chi connectivity index (χ1n) is 5.68. The van der Waals surface area contributed by atoms with Crippen molar-refractivity contribution in [2.75, 3.05) is 13.1 Å². The van der Waals surface area contributed by atoms with Gasteiger partial charge in [-0.15, -0.1) is 0 Å². The van der Waals surface area contributed by atoms with Gasteiger partial charge in [0.05, 0.1) is 0 Å². The molecule has 1 aliphatic rings. The van der Waals surface area contributed by atoms with E-state index >= 15 is 0 Å². The van der Waals surface area contributed by atoms with Crippen molar-refractivity contribution < 1.29 is 4.39 Å². The molecule has 1 fully saturated rings. The maximum atomic E-state index is 13.5. The Morgan fingerprint density at radius 2 is 2.00 bits per heavy atom. The minimum Gasteiger partial charge on any atom is -0.251 e. The first kappa shape index (κ1) is 12.0. The average molecular weight is 287 g/mol. The van der Waals surface area contributed by atoms with Gasteiger partial charge < -0.3 is 0 Å². The molecule has 2 rings (SSSR count). The maximum Gasteiger partial charge on any atom is 0.128 e. The highest BCUT2D eigenvalue weighted by Crippen LogP contribution is 2.15. The molecule has 1 aliphatic heterocycles.